The van der Waals surface area contributed by atoms with Crippen molar-refractivity contribution in [2.75, 3.05) is 5.32 Å². The van der Waals surface area contributed by atoms with E-state index < -0.39 is 17.9 Å². The number of anilines is 1. The maximum Gasteiger partial charge on any atom is 0.325 e. The van der Waals surface area contributed by atoms with Crippen LogP contribution in [0, 0.1) is 12.8 Å². The lowest BCUT2D eigenvalue weighted by atomic mass is 10.0. The summed E-state index contributed by atoms with van der Waals surface area (Å²) in [6, 6.07) is 4.64. The average molecular weight is 357 g/mol. The van der Waals surface area contributed by atoms with Gasteiger partial charge in [-0.1, -0.05) is 28.9 Å². The third-order valence-electron chi connectivity index (χ3n) is 2.74. The average Bonchev–Trinajstić information content (AvgIpc) is 2.32. The molecule has 0 aliphatic heterocycles. The molecule has 1 atom stereocenters. The van der Waals surface area contributed by atoms with E-state index in [1.807, 2.05) is 13.0 Å². The topological polar surface area (TPSA) is 95.5 Å². The van der Waals surface area contributed by atoms with E-state index in [0.29, 0.717) is 5.69 Å². The Hall–Kier alpha value is -1.89. The minimum Gasteiger partial charge on any atom is -0.481 e. The van der Waals surface area contributed by atoms with Gasteiger partial charge in [0.25, 0.3) is 0 Å². The highest BCUT2D eigenvalue weighted by Crippen LogP contribution is 2.20. The van der Waals surface area contributed by atoms with Crippen LogP contribution in [-0.4, -0.2) is 23.0 Å². The van der Waals surface area contributed by atoms with E-state index in [-0.39, 0.29) is 18.8 Å². The van der Waals surface area contributed by atoms with Crippen molar-refractivity contribution in [1.29, 1.82) is 0 Å². The minimum atomic E-state index is -0.968. The van der Waals surface area contributed by atoms with Crippen LogP contribution in [0.4, 0.5) is 10.5 Å². The van der Waals surface area contributed by atoms with Gasteiger partial charge in [0.2, 0.25) is 5.91 Å². The van der Waals surface area contributed by atoms with Gasteiger partial charge in [-0.3, -0.25) is 14.9 Å². The molecule has 6 nitrogen and oxygen atoms in total. The predicted octanol–water partition coefficient (Wildman–Crippen LogP) is 2.91. The summed E-state index contributed by atoms with van der Waals surface area (Å²) in [5, 5.41) is 13.3. The highest BCUT2D eigenvalue weighted by molar-refractivity contribution is 9.10. The number of nitrogens with one attached hydrogen (secondary N) is 2. The maximum atomic E-state index is 11.6. The first-order valence-corrected chi connectivity index (χ1v) is 7.16. The van der Waals surface area contributed by atoms with Crippen LogP contribution in [0.2, 0.25) is 0 Å². The van der Waals surface area contributed by atoms with Crippen LogP contribution in [0.25, 0.3) is 0 Å². The molecule has 0 aromatic heterocycles. The normalized spacial score (nSPS) is 11.6. The number of halogens is 1. The Kier molecular flexibility index (Phi) is 6.36. The summed E-state index contributed by atoms with van der Waals surface area (Å²) < 4.78 is 0.849. The highest BCUT2D eigenvalue weighted by Gasteiger charge is 2.14. The van der Waals surface area contributed by atoms with Crippen LogP contribution in [0.5, 0.6) is 0 Å². The SMILES string of the molecule is Cc1ccc(NC(=O)NC(=O)CC(C)CC(=O)O)cc1Br. The highest BCUT2D eigenvalue weighted by atomic mass is 79.9. The molecule has 1 aromatic carbocycles. The number of benzene rings is 1. The van der Waals surface area contributed by atoms with E-state index in [0.717, 1.165) is 10.0 Å². The third-order valence-corrected chi connectivity index (χ3v) is 3.59. The molecule has 114 valence electrons. The van der Waals surface area contributed by atoms with Gasteiger partial charge in [-0.05, 0) is 30.5 Å². The van der Waals surface area contributed by atoms with Crippen LogP contribution in [0.15, 0.2) is 22.7 Å². The van der Waals surface area contributed by atoms with Crippen molar-refractivity contribution in [3.05, 3.63) is 28.2 Å². The Labute approximate surface area is 131 Å². The number of imide groups is 1. The molecule has 0 fully saturated rings. The lowest BCUT2D eigenvalue weighted by molar-refractivity contribution is -0.138. The summed E-state index contributed by atoms with van der Waals surface area (Å²) in [5.74, 6) is -1.81. The molecular formula is C14H17BrN2O4. The van der Waals surface area contributed by atoms with Gasteiger partial charge in [0.05, 0.1) is 0 Å². The number of aliphatic carboxylic acids is 1. The number of carbonyl (C=O) groups excluding carboxylic acids is 2. The second-order valence-electron chi connectivity index (χ2n) is 4.87. The van der Waals surface area contributed by atoms with Crippen molar-refractivity contribution in [1.82, 2.24) is 5.32 Å². The Morgan fingerprint density at radius 2 is 1.95 bits per heavy atom. The van der Waals surface area contributed by atoms with Crippen molar-refractivity contribution in [3.8, 4) is 0 Å². The Balaban J connectivity index is 2.47. The first-order valence-electron chi connectivity index (χ1n) is 6.36. The number of urea groups is 1. The van der Waals surface area contributed by atoms with Gasteiger partial charge in [0.15, 0.2) is 0 Å². The lowest BCUT2D eigenvalue weighted by Gasteiger charge is -2.10. The molecule has 0 saturated heterocycles. The second-order valence-corrected chi connectivity index (χ2v) is 5.73. The molecule has 3 amide bonds. The van der Waals surface area contributed by atoms with Crippen LogP contribution < -0.4 is 10.6 Å². The largest absolute Gasteiger partial charge is 0.481 e. The van der Waals surface area contributed by atoms with E-state index in [2.05, 4.69) is 26.6 Å². The van der Waals surface area contributed by atoms with Gasteiger partial charge in [-0.2, -0.15) is 0 Å². The third kappa shape index (κ3) is 6.40. The van der Waals surface area contributed by atoms with Crippen LogP contribution in [0.3, 0.4) is 0 Å². The first-order chi connectivity index (χ1) is 9.77. The monoisotopic (exact) mass is 356 g/mol. The molecular weight excluding hydrogens is 340 g/mol. The number of carbonyl (C=O) groups is 3. The zero-order valence-corrected chi connectivity index (χ0v) is 13.4. The molecule has 1 aromatic rings. The summed E-state index contributed by atoms with van der Waals surface area (Å²) in [6.07, 6.45) is -0.128. The summed E-state index contributed by atoms with van der Waals surface area (Å²) >= 11 is 3.35. The van der Waals surface area contributed by atoms with E-state index in [4.69, 9.17) is 5.11 Å². The fourth-order valence-corrected chi connectivity index (χ4v) is 2.08. The number of aryl methyl sites for hydroxylation is 1. The Morgan fingerprint density at radius 3 is 2.52 bits per heavy atom. The number of rotatable bonds is 5. The van der Waals surface area contributed by atoms with Crippen molar-refractivity contribution in [2.45, 2.75) is 26.7 Å². The number of carboxylic acids is 1. The second kappa shape index (κ2) is 7.78. The summed E-state index contributed by atoms with van der Waals surface area (Å²) in [7, 11) is 0. The number of amides is 3. The predicted molar refractivity (Wildman–Crippen MR) is 82.1 cm³/mol. The van der Waals surface area contributed by atoms with Gasteiger partial charge in [0.1, 0.15) is 0 Å². The number of hydrogen-bond donors (Lipinski definition) is 3. The molecule has 0 saturated carbocycles. The zero-order chi connectivity index (χ0) is 16.0. The fourth-order valence-electron chi connectivity index (χ4n) is 1.70. The van der Waals surface area contributed by atoms with Gasteiger partial charge in [0, 0.05) is 23.0 Å². The van der Waals surface area contributed by atoms with Crippen molar-refractivity contribution in [3.63, 3.8) is 0 Å². The zero-order valence-electron chi connectivity index (χ0n) is 11.8. The first kappa shape index (κ1) is 17.2. The van der Waals surface area contributed by atoms with Gasteiger partial charge in [-0.15, -0.1) is 0 Å². The minimum absolute atomic E-state index is 0.0166. The molecule has 0 bridgehead atoms. The standard InChI is InChI=1S/C14H17BrN2O4/c1-8(6-13(19)20)5-12(18)17-14(21)16-10-4-3-9(2)11(15)7-10/h3-4,7-8H,5-6H2,1-2H3,(H,19,20)(H2,16,17,18,21). The molecule has 0 heterocycles. The molecule has 0 spiro atoms. The summed E-state index contributed by atoms with van der Waals surface area (Å²) in [6.45, 7) is 3.56. The van der Waals surface area contributed by atoms with Crippen molar-refractivity contribution >= 4 is 39.5 Å². The summed E-state index contributed by atoms with van der Waals surface area (Å²) in [5.41, 5.74) is 1.58. The fraction of sp³-hybridized carbons (Fsp3) is 0.357. The molecule has 7 heteroatoms. The van der Waals surface area contributed by atoms with Gasteiger partial charge >= 0.3 is 12.0 Å². The maximum absolute atomic E-state index is 11.6. The van der Waals surface area contributed by atoms with E-state index >= 15 is 0 Å². The van der Waals surface area contributed by atoms with Crippen LogP contribution in [0.1, 0.15) is 25.3 Å². The summed E-state index contributed by atoms with van der Waals surface area (Å²) in [4.78, 5) is 33.7. The molecule has 21 heavy (non-hydrogen) atoms. The van der Waals surface area contributed by atoms with Crippen molar-refractivity contribution in [2.24, 2.45) is 5.92 Å². The molecule has 0 aliphatic carbocycles. The van der Waals surface area contributed by atoms with Crippen molar-refractivity contribution < 1.29 is 19.5 Å². The van der Waals surface area contributed by atoms with E-state index in [1.165, 1.54) is 0 Å². The van der Waals surface area contributed by atoms with Gasteiger partial charge < -0.3 is 10.4 Å². The number of carboxylic acid groups (broad SMARTS) is 1. The molecule has 1 unspecified atom stereocenters. The van der Waals surface area contributed by atoms with Crippen LogP contribution >= 0.6 is 15.9 Å². The van der Waals surface area contributed by atoms with Gasteiger partial charge in [-0.25, -0.2) is 4.79 Å². The lowest BCUT2D eigenvalue weighted by Crippen LogP contribution is -2.35. The molecule has 0 radical (unpaired) electrons. The molecule has 3 N–H and O–H groups in total. The Morgan fingerprint density at radius 1 is 1.29 bits per heavy atom. The quantitative estimate of drug-likeness (QED) is 0.755. The van der Waals surface area contributed by atoms with E-state index in [9.17, 15) is 14.4 Å². The molecule has 0 aliphatic rings. The van der Waals surface area contributed by atoms with Crippen LogP contribution in [-0.2, 0) is 9.59 Å². The number of hydrogen-bond acceptors (Lipinski definition) is 3. The smallest absolute Gasteiger partial charge is 0.325 e. The molecule has 1 rings (SSSR count). The van der Waals surface area contributed by atoms with E-state index in [1.54, 1.807) is 19.1 Å². The Bertz CT molecular complexity index is 560.